The quantitative estimate of drug-likeness (QED) is 0.767. The number of hydrogen-bond donors (Lipinski definition) is 1. The van der Waals surface area contributed by atoms with Crippen LogP contribution in [0.1, 0.15) is 51.0 Å². The number of aromatic nitrogens is 1. The monoisotopic (exact) mass is 356 g/mol. The fraction of sp³-hybridized carbons (Fsp3) is 0.524. The number of aromatic amines is 1. The first-order valence-corrected chi connectivity index (χ1v) is 9.69. The first-order valence-electron chi connectivity index (χ1n) is 9.69. The second-order valence-electron chi connectivity index (χ2n) is 7.02. The Bertz CT molecular complexity index is 753. The SMILES string of the molecule is CC[C@@H]1CCCCN1C(=O)COC(=O)CCCc1c[nH]c2ccccc12. The molecule has 2 heterocycles. The molecule has 0 unspecified atom stereocenters. The van der Waals surface area contributed by atoms with Crippen molar-refractivity contribution in [2.45, 2.75) is 57.9 Å². The summed E-state index contributed by atoms with van der Waals surface area (Å²) in [4.78, 5) is 29.4. The molecule has 1 aliphatic heterocycles. The highest BCUT2D eigenvalue weighted by molar-refractivity contribution is 5.83. The third-order valence-electron chi connectivity index (χ3n) is 5.28. The van der Waals surface area contributed by atoms with Gasteiger partial charge in [-0.05, 0) is 50.2 Å². The van der Waals surface area contributed by atoms with Gasteiger partial charge in [0.1, 0.15) is 0 Å². The number of nitrogens with zero attached hydrogens (tertiary/aromatic N) is 1. The number of hydrogen-bond acceptors (Lipinski definition) is 3. The minimum atomic E-state index is -0.289. The molecule has 0 spiro atoms. The van der Waals surface area contributed by atoms with E-state index in [0.717, 1.165) is 44.2 Å². The van der Waals surface area contributed by atoms with Crippen LogP contribution in [0.5, 0.6) is 0 Å². The van der Waals surface area contributed by atoms with E-state index < -0.39 is 0 Å². The zero-order valence-corrected chi connectivity index (χ0v) is 15.5. The molecule has 0 saturated carbocycles. The molecular formula is C21H28N2O3. The van der Waals surface area contributed by atoms with Crippen LogP contribution in [0.3, 0.4) is 0 Å². The Hall–Kier alpha value is -2.30. The van der Waals surface area contributed by atoms with Gasteiger partial charge in [-0.1, -0.05) is 25.1 Å². The lowest BCUT2D eigenvalue weighted by Crippen LogP contribution is -2.45. The van der Waals surface area contributed by atoms with E-state index in [1.54, 1.807) is 0 Å². The highest BCUT2D eigenvalue weighted by Gasteiger charge is 2.25. The van der Waals surface area contributed by atoms with Gasteiger partial charge < -0.3 is 14.6 Å². The fourth-order valence-electron chi connectivity index (χ4n) is 3.81. The number of para-hydroxylation sites is 1. The van der Waals surface area contributed by atoms with Crippen LogP contribution in [0.4, 0.5) is 0 Å². The second-order valence-corrected chi connectivity index (χ2v) is 7.02. The smallest absolute Gasteiger partial charge is 0.306 e. The summed E-state index contributed by atoms with van der Waals surface area (Å²) in [6, 6.07) is 8.45. The normalized spacial score (nSPS) is 17.4. The van der Waals surface area contributed by atoms with Gasteiger partial charge in [0.25, 0.3) is 5.91 Å². The molecule has 26 heavy (non-hydrogen) atoms. The van der Waals surface area contributed by atoms with Crippen molar-refractivity contribution in [2.75, 3.05) is 13.2 Å². The average molecular weight is 356 g/mol. The minimum Gasteiger partial charge on any atom is -0.456 e. The Labute approximate surface area is 154 Å². The molecule has 1 fully saturated rings. The Morgan fingerprint density at radius 3 is 2.96 bits per heavy atom. The van der Waals surface area contributed by atoms with E-state index in [4.69, 9.17) is 4.74 Å². The summed E-state index contributed by atoms with van der Waals surface area (Å²) in [5, 5.41) is 1.20. The lowest BCUT2D eigenvalue weighted by atomic mass is 10.00. The molecule has 3 rings (SSSR count). The summed E-state index contributed by atoms with van der Waals surface area (Å²) in [6.45, 7) is 2.77. The van der Waals surface area contributed by atoms with E-state index in [0.29, 0.717) is 12.5 Å². The third kappa shape index (κ3) is 4.45. The predicted molar refractivity (Wildman–Crippen MR) is 102 cm³/mol. The van der Waals surface area contributed by atoms with Gasteiger partial charge in [0, 0.05) is 36.1 Å². The summed E-state index contributed by atoms with van der Waals surface area (Å²) < 4.78 is 5.22. The van der Waals surface area contributed by atoms with Crippen LogP contribution >= 0.6 is 0 Å². The van der Waals surface area contributed by atoms with Crippen LogP contribution in [0.2, 0.25) is 0 Å². The van der Waals surface area contributed by atoms with Gasteiger partial charge in [0.2, 0.25) is 0 Å². The number of H-pyrrole nitrogens is 1. The molecule has 1 N–H and O–H groups in total. The van der Waals surface area contributed by atoms with Gasteiger partial charge in [-0.25, -0.2) is 0 Å². The maximum Gasteiger partial charge on any atom is 0.306 e. The van der Waals surface area contributed by atoms with E-state index in [2.05, 4.69) is 18.0 Å². The van der Waals surface area contributed by atoms with Gasteiger partial charge in [-0.15, -0.1) is 0 Å². The second kappa shape index (κ2) is 8.88. The molecule has 5 heteroatoms. The van der Waals surface area contributed by atoms with Crippen molar-refractivity contribution in [1.29, 1.82) is 0 Å². The van der Waals surface area contributed by atoms with Crippen LogP contribution in [-0.2, 0) is 20.7 Å². The molecule has 1 aromatic heterocycles. The largest absolute Gasteiger partial charge is 0.456 e. The van der Waals surface area contributed by atoms with Gasteiger partial charge in [0.05, 0.1) is 0 Å². The molecule has 140 valence electrons. The molecule has 0 radical (unpaired) electrons. The van der Waals surface area contributed by atoms with Crippen LogP contribution < -0.4 is 0 Å². The van der Waals surface area contributed by atoms with Crippen molar-refractivity contribution in [2.24, 2.45) is 0 Å². The van der Waals surface area contributed by atoms with Crippen molar-refractivity contribution in [3.05, 3.63) is 36.0 Å². The van der Waals surface area contributed by atoms with Crippen molar-refractivity contribution in [3.63, 3.8) is 0 Å². The number of rotatable bonds is 7. The number of esters is 1. The van der Waals surface area contributed by atoms with E-state index >= 15 is 0 Å². The number of piperidine rings is 1. The summed E-state index contributed by atoms with van der Waals surface area (Å²) in [5.74, 6) is -0.343. The topological polar surface area (TPSA) is 62.4 Å². The van der Waals surface area contributed by atoms with E-state index in [9.17, 15) is 9.59 Å². The number of carbonyl (C=O) groups is 2. The third-order valence-corrected chi connectivity index (χ3v) is 5.28. The molecule has 1 amide bonds. The number of ether oxygens (including phenoxy) is 1. The average Bonchev–Trinajstić information content (AvgIpc) is 3.09. The maximum absolute atomic E-state index is 12.3. The highest BCUT2D eigenvalue weighted by Crippen LogP contribution is 2.20. The molecule has 1 aromatic carbocycles. The van der Waals surface area contributed by atoms with Gasteiger partial charge in [-0.3, -0.25) is 9.59 Å². The van der Waals surface area contributed by atoms with Crippen molar-refractivity contribution >= 4 is 22.8 Å². The first kappa shape index (κ1) is 18.5. The number of likely N-dealkylation sites (tertiary alicyclic amines) is 1. The van der Waals surface area contributed by atoms with Gasteiger partial charge >= 0.3 is 5.97 Å². The number of benzene rings is 1. The summed E-state index contributed by atoms with van der Waals surface area (Å²) in [5.41, 5.74) is 2.33. The molecule has 0 bridgehead atoms. The zero-order chi connectivity index (χ0) is 18.4. The van der Waals surface area contributed by atoms with Crippen LogP contribution in [0.15, 0.2) is 30.5 Å². The molecule has 5 nitrogen and oxygen atoms in total. The number of aryl methyl sites for hydroxylation is 1. The lowest BCUT2D eigenvalue weighted by molar-refractivity contribution is -0.153. The van der Waals surface area contributed by atoms with Crippen LogP contribution in [0, 0.1) is 0 Å². The van der Waals surface area contributed by atoms with E-state index in [-0.39, 0.29) is 18.5 Å². The number of amides is 1. The minimum absolute atomic E-state index is 0.0541. The lowest BCUT2D eigenvalue weighted by Gasteiger charge is -2.35. The summed E-state index contributed by atoms with van der Waals surface area (Å²) in [7, 11) is 0. The zero-order valence-electron chi connectivity index (χ0n) is 15.5. The summed E-state index contributed by atoms with van der Waals surface area (Å²) >= 11 is 0. The van der Waals surface area contributed by atoms with Crippen molar-refractivity contribution in [3.8, 4) is 0 Å². The molecule has 1 atom stereocenters. The highest BCUT2D eigenvalue weighted by atomic mass is 16.5. The molecule has 0 aliphatic carbocycles. The molecule has 1 saturated heterocycles. The summed E-state index contributed by atoms with van der Waals surface area (Å²) in [6.07, 6.45) is 8.11. The Balaban J connectivity index is 1.41. The fourth-order valence-corrected chi connectivity index (χ4v) is 3.81. The molecular weight excluding hydrogens is 328 g/mol. The maximum atomic E-state index is 12.3. The van der Waals surface area contributed by atoms with Crippen molar-refractivity contribution in [1.82, 2.24) is 9.88 Å². The van der Waals surface area contributed by atoms with Crippen LogP contribution in [0.25, 0.3) is 10.9 Å². The van der Waals surface area contributed by atoms with Crippen LogP contribution in [-0.4, -0.2) is 41.0 Å². The van der Waals surface area contributed by atoms with Crippen molar-refractivity contribution < 1.29 is 14.3 Å². The van der Waals surface area contributed by atoms with Gasteiger partial charge in [0.15, 0.2) is 6.61 Å². The Morgan fingerprint density at radius 2 is 2.12 bits per heavy atom. The predicted octanol–water partition coefficient (Wildman–Crippen LogP) is 3.82. The molecule has 2 aromatic rings. The molecule has 1 aliphatic rings. The van der Waals surface area contributed by atoms with Gasteiger partial charge in [-0.2, -0.15) is 0 Å². The Kier molecular flexibility index (Phi) is 6.31. The van der Waals surface area contributed by atoms with E-state index in [1.807, 2.05) is 29.3 Å². The first-order chi connectivity index (χ1) is 12.7. The standard InChI is InChI=1S/C21H28N2O3/c1-2-17-9-5-6-13-23(17)20(24)15-26-21(25)12-7-8-16-14-22-19-11-4-3-10-18(16)19/h3-4,10-11,14,17,22H,2,5-9,12-13,15H2,1H3/t17-/m1/s1. The number of nitrogens with one attached hydrogen (secondary N) is 1. The van der Waals surface area contributed by atoms with E-state index in [1.165, 1.54) is 17.4 Å². The number of carbonyl (C=O) groups excluding carboxylic acids is 2. The number of fused-ring (bicyclic) bond motifs is 1. The Morgan fingerprint density at radius 1 is 1.27 bits per heavy atom.